The lowest BCUT2D eigenvalue weighted by molar-refractivity contribution is -0.137. The average Bonchev–Trinajstić information content (AvgIpc) is 3.27. The molecular formula is C22H20ClN3O3S2. The molecule has 0 aromatic heterocycles. The molecule has 160 valence electrons. The molecular weight excluding hydrogens is 454 g/mol. The molecule has 2 aromatic carbocycles. The summed E-state index contributed by atoms with van der Waals surface area (Å²) in [7, 11) is 0. The maximum absolute atomic E-state index is 12.8. The molecule has 9 heteroatoms. The van der Waals surface area contributed by atoms with Crippen molar-refractivity contribution in [1.82, 2.24) is 0 Å². The van der Waals surface area contributed by atoms with Gasteiger partial charge in [0.1, 0.15) is 4.91 Å². The fourth-order valence-electron chi connectivity index (χ4n) is 3.41. The number of para-hydroxylation sites is 2. The molecule has 0 aliphatic carbocycles. The number of ketones is 1. The van der Waals surface area contributed by atoms with Gasteiger partial charge in [-0.1, -0.05) is 53.7 Å². The zero-order valence-electron chi connectivity index (χ0n) is 17.2. The van der Waals surface area contributed by atoms with E-state index in [-0.39, 0.29) is 12.4 Å². The Hall–Kier alpha value is -2.42. The van der Waals surface area contributed by atoms with Crippen molar-refractivity contribution in [2.24, 2.45) is 5.10 Å². The first-order valence-electron chi connectivity index (χ1n) is 9.64. The minimum absolute atomic E-state index is 0.158. The number of hydrogen-bond donors (Lipinski definition) is 0. The van der Waals surface area contributed by atoms with Gasteiger partial charge in [0.2, 0.25) is 4.33 Å². The summed E-state index contributed by atoms with van der Waals surface area (Å²) in [5.41, 5.74) is 2.22. The number of carbonyl (C=O) groups is 2. The molecule has 0 amide bonds. The van der Waals surface area contributed by atoms with Crippen LogP contribution < -0.4 is 9.91 Å². The molecule has 1 spiro atoms. The lowest BCUT2D eigenvalue weighted by Crippen LogP contribution is -2.49. The van der Waals surface area contributed by atoms with E-state index in [1.807, 2.05) is 60.4 Å². The number of esters is 1. The molecule has 0 fully saturated rings. The highest BCUT2D eigenvalue weighted by Crippen LogP contribution is 2.60. The lowest BCUT2D eigenvalue weighted by Gasteiger charge is -2.41. The van der Waals surface area contributed by atoms with E-state index in [4.69, 9.17) is 16.3 Å². The number of rotatable bonds is 5. The van der Waals surface area contributed by atoms with Gasteiger partial charge in [0.15, 0.2) is 10.8 Å². The number of allylic oxidation sites excluding steroid dienone is 1. The van der Waals surface area contributed by atoms with E-state index in [1.54, 1.807) is 18.0 Å². The average molecular weight is 474 g/mol. The van der Waals surface area contributed by atoms with Gasteiger partial charge in [-0.3, -0.25) is 4.79 Å². The van der Waals surface area contributed by atoms with Gasteiger partial charge in [-0.2, -0.15) is 5.10 Å². The van der Waals surface area contributed by atoms with Crippen molar-refractivity contribution in [2.45, 2.75) is 25.1 Å². The van der Waals surface area contributed by atoms with Crippen molar-refractivity contribution in [3.05, 3.63) is 70.2 Å². The van der Waals surface area contributed by atoms with Crippen LogP contribution >= 0.6 is 35.1 Å². The number of anilines is 2. The summed E-state index contributed by atoms with van der Waals surface area (Å²) in [5.74, 6) is -0.562. The number of ether oxygens (including phenoxy) is 1. The largest absolute Gasteiger partial charge is 0.462 e. The van der Waals surface area contributed by atoms with Crippen LogP contribution in [0.15, 0.2) is 70.3 Å². The standard InChI is InChI=1S/C22H20ClN3O3S2/c1-4-29-21(28)19-14(2)25(16-10-6-5-7-11-16)22(30-19)26(24-20(31-22)15(3)27)18-13-9-8-12-17(18)23/h5-13H,4H2,1-3H3/t22-/m1/s1. The molecule has 31 heavy (non-hydrogen) atoms. The Morgan fingerprint density at radius 3 is 2.42 bits per heavy atom. The van der Waals surface area contributed by atoms with Crippen molar-refractivity contribution in [2.75, 3.05) is 16.5 Å². The SMILES string of the molecule is CCOC(=O)C1=C(C)N(c2ccccc2)[C@]2(SC(C(C)=O)=NN2c2ccccc2Cl)S1. The number of hydrogen-bond acceptors (Lipinski definition) is 8. The van der Waals surface area contributed by atoms with Crippen molar-refractivity contribution < 1.29 is 14.3 Å². The molecule has 4 rings (SSSR count). The summed E-state index contributed by atoms with van der Waals surface area (Å²) in [4.78, 5) is 27.6. The minimum Gasteiger partial charge on any atom is -0.462 e. The molecule has 6 nitrogen and oxygen atoms in total. The second-order valence-corrected chi connectivity index (χ2v) is 9.79. The van der Waals surface area contributed by atoms with Gasteiger partial charge in [0.25, 0.3) is 0 Å². The Kier molecular flexibility index (Phi) is 6.05. The Balaban J connectivity index is 1.92. The number of Topliss-reactive ketones (excluding diaryl/α,β-unsaturated/α-hetero) is 1. The van der Waals surface area contributed by atoms with Crippen LogP contribution in [0.5, 0.6) is 0 Å². The molecule has 2 heterocycles. The Morgan fingerprint density at radius 1 is 1.10 bits per heavy atom. The van der Waals surface area contributed by atoms with Gasteiger partial charge < -0.3 is 9.64 Å². The van der Waals surface area contributed by atoms with Crippen LogP contribution in [0.1, 0.15) is 20.8 Å². The second kappa shape index (κ2) is 8.61. The van der Waals surface area contributed by atoms with Crippen LogP contribution in [0, 0.1) is 0 Å². The van der Waals surface area contributed by atoms with Gasteiger partial charge in [-0.05, 0) is 49.9 Å². The zero-order chi connectivity index (χ0) is 22.2. The van der Waals surface area contributed by atoms with Gasteiger partial charge in [-0.25, -0.2) is 9.80 Å². The topological polar surface area (TPSA) is 62.2 Å². The number of benzene rings is 2. The van der Waals surface area contributed by atoms with Gasteiger partial charge >= 0.3 is 5.97 Å². The number of nitrogens with zero attached hydrogens (tertiary/aromatic N) is 3. The van der Waals surface area contributed by atoms with E-state index in [1.165, 1.54) is 30.4 Å². The quantitative estimate of drug-likeness (QED) is 0.534. The smallest absolute Gasteiger partial charge is 0.346 e. The molecule has 0 saturated heterocycles. The fraction of sp³-hybridized carbons (Fsp3) is 0.227. The third-order valence-electron chi connectivity index (χ3n) is 4.73. The van der Waals surface area contributed by atoms with Crippen LogP contribution in [-0.2, 0) is 14.3 Å². The molecule has 0 radical (unpaired) electrons. The Labute approximate surface area is 194 Å². The summed E-state index contributed by atoms with van der Waals surface area (Å²) in [6.45, 7) is 5.40. The fourth-order valence-corrected chi connectivity index (χ4v) is 6.56. The summed E-state index contributed by atoms with van der Waals surface area (Å²) in [6.07, 6.45) is 0. The predicted molar refractivity (Wildman–Crippen MR) is 128 cm³/mol. The first-order valence-corrected chi connectivity index (χ1v) is 11.7. The highest BCUT2D eigenvalue weighted by molar-refractivity contribution is 8.29. The molecule has 2 aliphatic rings. The molecule has 0 saturated carbocycles. The van der Waals surface area contributed by atoms with E-state index in [0.29, 0.717) is 20.7 Å². The summed E-state index contributed by atoms with van der Waals surface area (Å²) < 4.78 is 4.33. The number of hydrazone groups is 1. The Morgan fingerprint density at radius 2 is 1.77 bits per heavy atom. The second-order valence-electron chi connectivity index (χ2n) is 6.78. The molecule has 2 aliphatic heterocycles. The van der Waals surface area contributed by atoms with Crippen molar-refractivity contribution >= 4 is 63.3 Å². The first kappa shape index (κ1) is 21.8. The highest BCUT2D eigenvalue weighted by atomic mass is 35.5. The molecule has 1 atom stereocenters. The van der Waals surface area contributed by atoms with Gasteiger partial charge in [-0.15, -0.1) is 0 Å². The summed E-state index contributed by atoms with van der Waals surface area (Å²) in [5, 5.41) is 7.20. The first-order chi connectivity index (χ1) is 14.9. The predicted octanol–water partition coefficient (Wildman–Crippen LogP) is 5.46. The number of thioether (sulfide) groups is 2. The normalized spacial score (nSPS) is 20.5. The zero-order valence-corrected chi connectivity index (χ0v) is 19.6. The van der Waals surface area contributed by atoms with E-state index < -0.39 is 10.3 Å². The van der Waals surface area contributed by atoms with Crippen molar-refractivity contribution in [3.63, 3.8) is 0 Å². The summed E-state index contributed by atoms with van der Waals surface area (Å²) in [6, 6.07) is 17.0. The lowest BCUT2D eigenvalue weighted by atomic mass is 10.2. The van der Waals surface area contributed by atoms with Crippen LogP contribution in [0.3, 0.4) is 0 Å². The third kappa shape index (κ3) is 3.73. The van der Waals surface area contributed by atoms with Crippen molar-refractivity contribution in [3.8, 4) is 0 Å². The minimum atomic E-state index is -0.987. The van der Waals surface area contributed by atoms with Crippen LogP contribution in [0.2, 0.25) is 5.02 Å². The maximum Gasteiger partial charge on any atom is 0.346 e. The molecule has 2 aromatic rings. The highest BCUT2D eigenvalue weighted by Gasteiger charge is 2.58. The monoisotopic (exact) mass is 473 g/mol. The van der Waals surface area contributed by atoms with E-state index in [9.17, 15) is 9.59 Å². The number of halogens is 1. The van der Waals surface area contributed by atoms with Crippen LogP contribution in [0.4, 0.5) is 11.4 Å². The van der Waals surface area contributed by atoms with Crippen LogP contribution in [0.25, 0.3) is 0 Å². The van der Waals surface area contributed by atoms with Crippen LogP contribution in [-0.4, -0.2) is 27.7 Å². The van der Waals surface area contributed by atoms with Gasteiger partial charge in [0.05, 0.1) is 17.3 Å². The molecule has 0 bridgehead atoms. The third-order valence-corrected chi connectivity index (χ3v) is 8.02. The maximum atomic E-state index is 12.8. The molecule has 0 N–H and O–H groups in total. The van der Waals surface area contributed by atoms with Crippen molar-refractivity contribution in [1.29, 1.82) is 0 Å². The van der Waals surface area contributed by atoms with E-state index >= 15 is 0 Å². The molecule has 0 unspecified atom stereocenters. The summed E-state index contributed by atoms with van der Waals surface area (Å²) >= 11 is 9.13. The van der Waals surface area contributed by atoms with E-state index in [2.05, 4.69) is 5.10 Å². The number of carbonyl (C=O) groups excluding carboxylic acids is 2. The van der Waals surface area contributed by atoms with Gasteiger partial charge in [0, 0.05) is 18.3 Å². The Bertz CT molecular complexity index is 1110. The van der Waals surface area contributed by atoms with E-state index in [0.717, 1.165) is 11.4 Å².